The second-order valence-electron chi connectivity index (χ2n) is 5.82. The topological polar surface area (TPSA) is 33.3 Å². The van der Waals surface area contributed by atoms with Crippen LogP contribution in [0.1, 0.15) is 32.1 Å². The summed E-state index contributed by atoms with van der Waals surface area (Å²) in [4.78, 5) is 0. The van der Waals surface area contributed by atoms with E-state index in [0.29, 0.717) is 10.8 Å². The molecule has 2 N–H and O–H groups in total. The van der Waals surface area contributed by atoms with Gasteiger partial charge in [0.2, 0.25) is 0 Å². The van der Waals surface area contributed by atoms with Gasteiger partial charge in [-0.1, -0.05) is 5.31 Å². The summed E-state index contributed by atoms with van der Waals surface area (Å²) < 4.78 is 5.72. The van der Waals surface area contributed by atoms with Crippen LogP contribution in [0.2, 0.25) is 5.31 Å². The van der Waals surface area contributed by atoms with Crippen molar-refractivity contribution < 1.29 is 4.74 Å². The molecule has 0 amide bonds. The molecule has 0 aromatic carbocycles. The number of rotatable bonds is 4. The molecule has 0 aromatic heterocycles. The minimum Gasteiger partial charge on any atom is -0.358 e. The van der Waals surface area contributed by atoms with Gasteiger partial charge in [0.1, 0.15) is 6.23 Å². The van der Waals surface area contributed by atoms with Gasteiger partial charge < -0.3 is 10.2 Å². The van der Waals surface area contributed by atoms with Crippen molar-refractivity contribution in [2.75, 3.05) is 6.61 Å². The van der Waals surface area contributed by atoms with E-state index in [9.17, 15) is 0 Å². The normalized spacial score (nSPS) is 37.6. The molecule has 84 valence electrons. The van der Waals surface area contributed by atoms with Gasteiger partial charge in [0.25, 0.3) is 0 Å². The Bertz CT molecular complexity index is 342. The molecule has 1 atom stereocenters. The molecule has 0 bridgehead atoms. The zero-order valence-corrected chi connectivity index (χ0v) is 9.46. The van der Waals surface area contributed by atoms with Crippen LogP contribution in [0.5, 0.6) is 0 Å². The van der Waals surface area contributed by atoms with Crippen LogP contribution in [0.25, 0.3) is 0 Å². The molecule has 3 saturated carbocycles. The van der Waals surface area contributed by atoms with Crippen LogP contribution in [-0.2, 0) is 4.74 Å². The van der Waals surface area contributed by atoms with Crippen molar-refractivity contribution in [1.82, 2.24) is 10.9 Å². The van der Waals surface area contributed by atoms with Crippen molar-refractivity contribution in [3.63, 3.8) is 0 Å². The van der Waals surface area contributed by atoms with E-state index >= 15 is 0 Å². The van der Waals surface area contributed by atoms with E-state index in [1.165, 1.54) is 25.7 Å². The maximum atomic E-state index is 6.58. The van der Waals surface area contributed by atoms with Gasteiger partial charge in [-0.15, -0.1) is 0 Å². The molecular weight excluding hydrogens is 199 g/mol. The third-order valence-electron chi connectivity index (χ3n) is 5.44. The molecule has 1 heterocycles. The van der Waals surface area contributed by atoms with E-state index in [4.69, 9.17) is 12.6 Å². The number of ether oxygens (including phenoxy) is 1. The fourth-order valence-electron chi connectivity index (χ4n) is 4.30. The first-order valence-corrected chi connectivity index (χ1v) is 6.32. The molecule has 4 aliphatic rings. The number of hydrazine groups is 1. The molecule has 4 rings (SSSR count). The van der Waals surface area contributed by atoms with Crippen LogP contribution in [0.3, 0.4) is 0 Å². The molecule has 0 aromatic rings. The zero-order chi connectivity index (χ0) is 10.9. The Kier molecular flexibility index (Phi) is 1.59. The average molecular weight is 216 g/mol. The first-order valence-electron chi connectivity index (χ1n) is 6.32. The number of fused-ring (bicyclic) bond motifs is 1. The SMILES string of the molecule is [B]C1(CCOC2C=CNN2)C2(CC2)C12CC2. The first-order chi connectivity index (χ1) is 7.74. The van der Waals surface area contributed by atoms with Crippen LogP contribution in [0.4, 0.5) is 0 Å². The van der Waals surface area contributed by atoms with Crippen LogP contribution in [0.15, 0.2) is 12.3 Å². The molecule has 4 heteroatoms. The van der Waals surface area contributed by atoms with Gasteiger partial charge in [-0.25, -0.2) is 5.43 Å². The Morgan fingerprint density at radius 2 is 1.94 bits per heavy atom. The van der Waals surface area contributed by atoms with E-state index in [2.05, 4.69) is 10.9 Å². The zero-order valence-electron chi connectivity index (χ0n) is 9.46. The van der Waals surface area contributed by atoms with Crippen LogP contribution >= 0.6 is 0 Å². The molecular formula is C12H17BN2O. The quantitative estimate of drug-likeness (QED) is 0.693. The number of hydrogen-bond acceptors (Lipinski definition) is 3. The van der Waals surface area contributed by atoms with Gasteiger partial charge in [-0.05, 0) is 49.0 Å². The van der Waals surface area contributed by atoms with Crippen molar-refractivity contribution in [3.8, 4) is 0 Å². The molecule has 3 aliphatic carbocycles. The first kappa shape index (κ1) is 9.54. The third kappa shape index (κ3) is 0.901. The van der Waals surface area contributed by atoms with Gasteiger partial charge in [0.05, 0.1) is 7.85 Å². The summed E-state index contributed by atoms with van der Waals surface area (Å²) in [6.07, 6.45) is 10.4. The Balaban J connectivity index is 1.34. The average Bonchev–Trinajstić information content (AvgIpc) is 3.19. The van der Waals surface area contributed by atoms with Crippen molar-refractivity contribution in [1.29, 1.82) is 0 Å². The summed E-state index contributed by atoms with van der Waals surface area (Å²) in [5, 5.41) is 0.121. The minimum atomic E-state index is 0.0210. The monoisotopic (exact) mass is 216 g/mol. The van der Waals surface area contributed by atoms with Gasteiger partial charge in [0, 0.05) is 12.8 Å². The van der Waals surface area contributed by atoms with Crippen LogP contribution in [-0.4, -0.2) is 20.7 Å². The summed E-state index contributed by atoms with van der Waals surface area (Å²) >= 11 is 0. The number of hydrogen-bond donors (Lipinski definition) is 2. The minimum absolute atomic E-state index is 0.0210. The van der Waals surface area contributed by atoms with Crippen molar-refractivity contribution in [2.24, 2.45) is 10.8 Å². The lowest BCUT2D eigenvalue weighted by molar-refractivity contribution is 0.0588. The fraction of sp³-hybridized carbons (Fsp3) is 0.833. The Morgan fingerprint density at radius 1 is 1.25 bits per heavy atom. The maximum absolute atomic E-state index is 6.58. The van der Waals surface area contributed by atoms with E-state index in [1.54, 1.807) is 0 Å². The molecule has 0 saturated heterocycles. The lowest BCUT2D eigenvalue weighted by Crippen LogP contribution is -2.32. The van der Waals surface area contributed by atoms with Gasteiger partial charge >= 0.3 is 0 Å². The summed E-state index contributed by atoms with van der Waals surface area (Å²) in [6.45, 7) is 0.768. The van der Waals surface area contributed by atoms with Crippen molar-refractivity contribution in [2.45, 2.75) is 43.6 Å². The van der Waals surface area contributed by atoms with E-state index in [-0.39, 0.29) is 11.5 Å². The van der Waals surface area contributed by atoms with Gasteiger partial charge in [0.15, 0.2) is 0 Å². The smallest absolute Gasteiger partial charge is 0.145 e. The standard InChI is InChI=1S/C12H17BN2O/c13-12(6-8-16-9-1-7-14-15-9)10(2-3-10)11(12)4-5-11/h1,7,9,14-15H,2-6,8H2. The summed E-state index contributed by atoms with van der Waals surface area (Å²) in [5.74, 6) is 0. The van der Waals surface area contributed by atoms with Crippen LogP contribution in [0, 0.1) is 10.8 Å². The highest BCUT2D eigenvalue weighted by atomic mass is 16.5. The Labute approximate surface area is 97.4 Å². The van der Waals surface area contributed by atoms with Gasteiger partial charge in [-0.3, -0.25) is 0 Å². The second-order valence-corrected chi connectivity index (χ2v) is 5.82. The predicted octanol–water partition coefficient (Wildman–Crippen LogP) is 1.24. The van der Waals surface area contributed by atoms with E-state index < -0.39 is 0 Å². The lowest BCUT2D eigenvalue weighted by Gasteiger charge is -2.15. The highest BCUT2D eigenvalue weighted by Gasteiger charge is 2.91. The van der Waals surface area contributed by atoms with E-state index in [1.807, 2.05) is 12.3 Å². The second kappa shape index (κ2) is 2.67. The van der Waals surface area contributed by atoms with E-state index in [0.717, 1.165) is 13.0 Å². The summed E-state index contributed by atoms with van der Waals surface area (Å²) in [6, 6.07) is 0. The highest BCUT2D eigenvalue weighted by Crippen LogP contribution is 3.02. The van der Waals surface area contributed by atoms with Crippen molar-refractivity contribution >= 4 is 7.85 Å². The Morgan fingerprint density at radius 3 is 2.44 bits per heavy atom. The molecule has 2 spiro atoms. The van der Waals surface area contributed by atoms with Gasteiger partial charge in [-0.2, -0.15) is 0 Å². The van der Waals surface area contributed by atoms with Crippen LogP contribution < -0.4 is 10.9 Å². The largest absolute Gasteiger partial charge is 0.358 e. The molecule has 1 aliphatic heterocycles. The molecule has 16 heavy (non-hydrogen) atoms. The predicted molar refractivity (Wildman–Crippen MR) is 61.5 cm³/mol. The number of nitrogens with one attached hydrogen (secondary N) is 2. The molecule has 2 radical (unpaired) electrons. The summed E-state index contributed by atoms with van der Waals surface area (Å²) in [7, 11) is 6.58. The maximum Gasteiger partial charge on any atom is 0.145 e. The van der Waals surface area contributed by atoms with Crippen molar-refractivity contribution in [3.05, 3.63) is 12.3 Å². The highest BCUT2D eigenvalue weighted by molar-refractivity contribution is 6.20. The molecule has 1 unspecified atom stereocenters. The fourth-order valence-corrected chi connectivity index (χ4v) is 4.30. The molecule has 3 fully saturated rings. The molecule has 3 nitrogen and oxygen atoms in total. The third-order valence-corrected chi connectivity index (χ3v) is 5.44. The summed E-state index contributed by atoms with van der Waals surface area (Å²) in [5.41, 5.74) is 7.03. The lowest BCUT2D eigenvalue weighted by atomic mass is 9.75. The Hall–Kier alpha value is -0.475.